The minimum Gasteiger partial charge on any atom is -0.369 e. The highest BCUT2D eigenvalue weighted by Gasteiger charge is 2.23. The molecule has 8 heteroatoms. The number of hydrogen-bond acceptors (Lipinski definition) is 4. The van der Waals surface area contributed by atoms with E-state index in [1.807, 2.05) is 40.6 Å². The maximum atomic E-state index is 11.3. The molecule has 0 bridgehead atoms. The molecule has 1 aromatic heterocycles. The van der Waals surface area contributed by atoms with Gasteiger partial charge < -0.3 is 10.3 Å². The van der Waals surface area contributed by atoms with Crippen molar-refractivity contribution in [3.63, 3.8) is 0 Å². The van der Waals surface area contributed by atoms with E-state index in [1.165, 1.54) is 0 Å². The van der Waals surface area contributed by atoms with Crippen molar-refractivity contribution < 1.29 is 4.79 Å². The zero-order chi connectivity index (χ0) is 17.3. The molecule has 1 fully saturated rings. The van der Waals surface area contributed by atoms with Crippen molar-refractivity contribution in [1.82, 2.24) is 19.2 Å². The molecule has 24 heavy (non-hydrogen) atoms. The topological polar surface area (TPSA) is 69.1 Å². The van der Waals surface area contributed by atoms with E-state index in [-0.39, 0.29) is 11.8 Å². The maximum Gasteiger partial charge on any atom is 0.220 e. The summed E-state index contributed by atoms with van der Waals surface area (Å²) < 4.78 is 4.38. The van der Waals surface area contributed by atoms with Crippen LogP contribution in [-0.4, -0.2) is 38.2 Å². The van der Waals surface area contributed by atoms with E-state index >= 15 is 0 Å². The third-order valence-corrected chi connectivity index (χ3v) is 5.20. The Balaban J connectivity index is 1.76. The van der Waals surface area contributed by atoms with Crippen LogP contribution in [0.4, 0.5) is 0 Å². The molecule has 0 aliphatic carbocycles. The number of amides is 1. The highest BCUT2D eigenvalue weighted by molar-refractivity contribution is 7.71. The first-order chi connectivity index (χ1) is 11.5. The second-order valence-electron chi connectivity index (χ2n) is 6.11. The quantitative estimate of drug-likeness (QED) is 0.845. The van der Waals surface area contributed by atoms with Crippen molar-refractivity contribution in [3.8, 4) is 11.4 Å². The molecular weight excluding hydrogens is 346 g/mol. The first-order valence-corrected chi connectivity index (χ1v) is 8.66. The Morgan fingerprint density at radius 3 is 2.54 bits per heavy atom. The van der Waals surface area contributed by atoms with E-state index in [2.05, 4.69) is 10.00 Å². The lowest BCUT2D eigenvalue weighted by atomic mass is 9.97. The Morgan fingerprint density at radius 2 is 1.96 bits per heavy atom. The van der Waals surface area contributed by atoms with E-state index in [1.54, 1.807) is 0 Å². The fourth-order valence-electron chi connectivity index (χ4n) is 2.98. The highest BCUT2D eigenvalue weighted by atomic mass is 35.5. The molecular formula is C16H20ClN5OS. The van der Waals surface area contributed by atoms with Gasteiger partial charge >= 0.3 is 0 Å². The van der Waals surface area contributed by atoms with Crippen LogP contribution in [0.25, 0.3) is 11.4 Å². The Morgan fingerprint density at radius 1 is 1.33 bits per heavy atom. The molecule has 1 aliphatic rings. The summed E-state index contributed by atoms with van der Waals surface area (Å²) in [6.45, 7) is 2.26. The molecule has 1 aliphatic heterocycles. The second kappa shape index (κ2) is 7.04. The van der Waals surface area contributed by atoms with Crippen LogP contribution >= 0.6 is 23.8 Å². The molecule has 0 spiro atoms. The minimum atomic E-state index is -0.200. The average Bonchev–Trinajstić information content (AvgIpc) is 2.85. The molecule has 1 amide bonds. The zero-order valence-electron chi connectivity index (χ0n) is 13.5. The van der Waals surface area contributed by atoms with Gasteiger partial charge in [-0.3, -0.25) is 9.69 Å². The SMILES string of the molecule is Cn1c(-c2ccc(Cl)cc2)nn(CN2CCC(C(N)=O)CC2)c1=S. The number of halogens is 1. The van der Waals surface area contributed by atoms with Gasteiger partial charge in [0, 0.05) is 36.6 Å². The smallest absolute Gasteiger partial charge is 0.220 e. The maximum absolute atomic E-state index is 11.3. The molecule has 2 N–H and O–H groups in total. The number of rotatable bonds is 4. The van der Waals surface area contributed by atoms with Crippen molar-refractivity contribution in [2.24, 2.45) is 18.7 Å². The van der Waals surface area contributed by atoms with Crippen LogP contribution in [0.2, 0.25) is 5.02 Å². The lowest BCUT2D eigenvalue weighted by Gasteiger charge is -2.29. The van der Waals surface area contributed by atoms with Gasteiger partial charge in [-0.1, -0.05) is 11.6 Å². The molecule has 2 heterocycles. The van der Waals surface area contributed by atoms with E-state index in [4.69, 9.17) is 29.6 Å². The average molecular weight is 366 g/mol. The van der Waals surface area contributed by atoms with Crippen LogP contribution in [0, 0.1) is 10.7 Å². The molecule has 0 atom stereocenters. The number of aromatic nitrogens is 3. The Labute approximate surface area is 150 Å². The van der Waals surface area contributed by atoms with Crippen molar-refractivity contribution in [2.45, 2.75) is 19.5 Å². The zero-order valence-corrected chi connectivity index (χ0v) is 15.1. The number of carbonyl (C=O) groups excluding carboxylic acids is 1. The largest absolute Gasteiger partial charge is 0.369 e. The molecule has 1 aromatic carbocycles. The summed E-state index contributed by atoms with van der Waals surface area (Å²) in [4.78, 5) is 13.5. The number of benzene rings is 1. The Bertz CT molecular complexity index is 790. The van der Waals surface area contributed by atoms with Crippen molar-refractivity contribution in [2.75, 3.05) is 13.1 Å². The number of carbonyl (C=O) groups is 1. The fourth-order valence-corrected chi connectivity index (χ4v) is 3.29. The van der Waals surface area contributed by atoms with E-state index in [0.29, 0.717) is 16.5 Å². The van der Waals surface area contributed by atoms with Gasteiger partial charge in [-0.25, -0.2) is 4.68 Å². The first kappa shape index (κ1) is 17.1. The number of nitrogens with zero attached hydrogens (tertiary/aromatic N) is 4. The van der Waals surface area contributed by atoms with Gasteiger partial charge in [-0.05, 0) is 49.3 Å². The molecule has 3 rings (SSSR count). The Hall–Kier alpha value is -1.70. The Kier molecular flexibility index (Phi) is 5.03. The molecule has 0 radical (unpaired) electrons. The summed E-state index contributed by atoms with van der Waals surface area (Å²) >= 11 is 11.5. The lowest BCUT2D eigenvalue weighted by Crippen LogP contribution is -2.39. The van der Waals surface area contributed by atoms with E-state index in [9.17, 15) is 4.79 Å². The van der Waals surface area contributed by atoms with Crippen LogP contribution in [0.5, 0.6) is 0 Å². The number of hydrogen-bond donors (Lipinski definition) is 1. The van der Waals surface area contributed by atoms with Gasteiger partial charge in [0.2, 0.25) is 5.91 Å². The number of nitrogens with two attached hydrogens (primary N) is 1. The number of primary amides is 1. The van der Waals surface area contributed by atoms with Crippen molar-refractivity contribution >= 4 is 29.7 Å². The monoisotopic (exact) mass is 365 g/mol. The van der Waals surface area contributed by atoms with Crippen LogP contribution in [-0.2, 0) is 18.5 Å². The standard InChI is InChI=1S/C16H20ClN5OS/c1-20-15(12-2-4-13(17)5-3-12)19-22(16(20)24)10-21-8-6-11(7-9-21)14(18)23/h2-5,11H,6-10H2,1H3,(H2,18,23). The third kappa shape index (κ3) is 3.53. The van der Waals surface area contributed by atoms with Gasteiger partial charge in [-0.15, -0.1) is 0 Å². The number of piperidine rings is 1. The minimum absolute atomic E-state index is 0.0115. The molecule has 1 saturated heterocycles. The number of likely N-dealkylation sites (tertiary alicyclic amines) is 1. The van der Waals surface area contributed by atoms with Crippen LogP contribution < -0.4 is 5.73 Å². The molecule has 2 aromatic rings. The van der Waals surface area contributed by atoms with Crippen molar-refractivity contribution in [3.05, 3.63) is 34.1 Å². The lowest BCUT2D eigenvalue weighted by molar-refractivity contribution is -0.123. The predicted molar refractivity (Wildman–Crippen MR) is 96.0 cm³/mol. The van der Waals surface area contributed by atoms with Gasteiger partial charge in [0.1, 0.15) is 0 Å². The molecule has 6 nitrogen and oxygen atoms in total. The van der Waals surface area contributed by atoms with Gasteiger partial charge in [-0.2, -0.15) is 5.10 Å². The normalized spacial score (nSPS) is 16.4. The van der Waals surface area contributed by atoms with Crippen LogP contribution in [0.1, 0.15) is 12.8 Å². The first-order valence-electron chi connectivity index (χ1n) is 7.87. The van der Waals surface area contributed by atoms with E-state index in [0.717, 1.165) is 37.3 Å². The molecule has 0 saturated carbocycles. The fraction of sp³-hybridized carbons (Fsp3) is 0.438. The third-order valence-electron chi connectivity index (χ3n) is 4.47. The van der Waals surface area contributed by atoms with Crippen LogP contribution in [0.3, 0.4) is 0 Å². The van der Waals surface area contributed by atoms with Gasteiger partial charge in [0.05, 0.1) is 6.67 Å². The molecule has 0 unspecified atom stereocenters. The van der Waals surface area contributed by atoms with Gasteiger partial charge in [0.25, 0.3) is 0 Å². The molecule has 128 valence electrons. The summed E-state index contributed by atoms with van der Waals surface area (Å²) in [7, 11) is 1.91. The summed E-state index contributed by atoms with van der Waals surface area (Å²) in [5.41, 5.74) is 6.35. The summed E-state index contributed by atoms with van der Waals surface area (Å²) in [6, 6.07) is 7.55. The van der Waals surface area contributed by atoms with Crippen LogP contribution in [0.15, 0.2) is 24.3 Å². The second-order valence-corrected chi connectivity index (χ2v) is 6.91. The predicted octanol–water partition coefficient (Wildman–Crippen LogP) is 2.43. The van der Waals surface area contributed by atoms with Gasteiger partial charge in [0.15, 0.2) is 10.6 Å². The summed E-state index contributed by atoms with van der Waals surface area (Å²) in [6.07, 6.45) is 1.58. The summed E-state index contributed by atoms with van der Waals surface area (Å²) in [5, 5.41) is 5.35. The summed E-state index contributed by atoms with van der Waals surface area (Å²) in [5.74, 6) is 0.598. The van der Waals surface area contributed by atoms with Crippen molar-refractivity contribution in [1.29, 1.82) is 0 Å². The van der Waals surface area contributed by atoms with E-state index < -0.39 is 0 Å². The highest BCUT2D eigenvalue weighted by Crippen LogP contribution is 2.21.